The van der Waals surface area contributed by atoms with Gasteiger partial charge in [-0.25, -0.2) is 19.7 Å². The van der Waals surface area contributed by atoms with Crippen molar-refractivity contribution in [1.29, 1.82) is 0 Å². The van der Waals surface area contributed by atoms with Crippen LogP contribution in [-0.2, 0) is 21.3 Å². The lowest BCUT2D eigenvalue weighted by Crippen LogP contribution is -2.62. The van der Waals surface area contributed by atoms with E-state index in [2.05, 4.69) is 15.7 Å². The lowest BCUT2D eigenvalue weighted by molar-refractivity contribution is -0.138. The molecule has 5 aromatic rings. The Morgan fingerprint density at radius 3 is 2.42 bits per heavy atom. The maximum absolute atomic E-state index is 13.2. The predicted molar refractivity (Wildman–Crippen MR) is 198 cm³/mol. The molecule has 0 N–H and O–H groups in total. The Morgan fingerprint density at radius 1 is 1.08 bits per heavy atom. The van der Waals surface area contributed by atoms with E-state index in [1.807, 2.05) is 71.3 Å². The monoisotopic (exact) mass is 714 g/mol. The Balaban J connectivity index is 1.25. The zero-order chi connectivity index (χ0) is 35.5. The van der Waals surface area contributed by atoms with Gasteiger partial charge in [0.2, 0.25) is 0 Å². The van der Waals surface area contributed by atoms with E-state index >= 15 is 0 Å². The molecule has 7 rings (SSSR count). The minimum atomic E-state index is -0.749. The summed E-state index contributed by atoms with van der Waals surface area (Å²) < 4.78 is 14.3. The van der Waals surface area contributed by atoms with Crippen LogP contribution in [0.4, 0.5) is 4.79 Å². The molecular weight excluding hydrogens is 672 g/mol. The van der Waals surface area contributed by atoms with Gasteiger partial charge in [0, 0.05) is 54.1 Å². The molecule has 2 aromatic carbocycles. The highest BCUT2D eigenvalue weighted by Gasteiger charge is 2.37. The van der Waals surface area contributed by atoms with Gasteiger partial charge in [0.05, 0.1) is 29.1 Å². The SMILES string of the molecule is COC(=O)N1CC(N2CCC(c3cn(C)c4ncc(-c5nc6cc(C)c([C@H](OC(C)(C)C)C(C)=O)c(-c7ccc(Cl)cc7)c6s5)nc34)CC2)C1. The van der Waals surface area contributed by atoms with Gasteiger partial charge in [0.25, 0.3) is 0 Å². The van der Waals surface area contributed by atoms with Crippen molar-refractivity contribution in [1.82, 2.24) is 29.3 Å². The summed E-state index contributed by atoms with van der Waals surface area (Å²) in [6, 6.07) is 10.2. The maximum atomic E-state index is 13.2. The van der Waals surface area contributed by atoms with E-state index in [-0.39, 0.29) is 11.9 Å². The molecule has 50 heavy (non-hydrogen) atoms. The fourth-order valence-corrected chi connectivity index (χ4v) is 8.57. The second-order valence-corrected chi connectivity index (χ2v) is 16.0. The number of likely N-dealkylation sites (tertiary alicyclic amines) is 2. The van der Waals surface area contributed by atoms with Crippen molar-refractivity contribution in [2.45, 2.75) is 71.1 Å². The minimum Gasteiger partial charge on any atom is -0.453 e. The predicted octanol–water partition coefficient (Wildman–Crippen LogP) is 7.95. The van der Waals surface area contributed by atoms with Crippen molar-refractivity contribution in [3.8, 4) is 21.8 Å². The normalized spacial score (nSPS) is 17.0. The van der Waals surface area contributed by atoms with Gasteiger partial charge in [-0.15, -0.1) is 11.3 Å². The molecule has 0 aliphatic carbocycles. The van der Waals surface area contributed by atoms with Crippen molar-refractivity contribution in [3.63, 3.8) is 0 Å². The number of carbonyl (C=O) groups is 2. The van der Waals surface area contributed by atoms with Crippen molar-refractivity contribution < 1.29 is 19.1 Å². The Bertz CT molecular complexity index is 2090. The minimum absolute atomic E-state index is 0.0584. The summed E-state index contributed by atoms with van der Waals surface area (Å²) in [5, 5.41) is 1.40. The number of amides is 1. The van der Waals surface area contributed by atoms with Gasteiger partial charge in [-0.1, -0.05) is 23.7 Å². The molecule has 5 heterocycles. The van der Waals surface area contributed by atoms with E-state index in [1.165, 1.54) is 12.7 Å². The molecule has 2 saturated heterocycles. The molecule has 0 bridgehead atoms. The molecule has 2 aliphatic heterocycles. The number of fused-ring (bicyclic) bond motifs is 2. The highest BCUT2D eigenvalue weighted by atomic mass is 35.5. The molecule has 1 amide bonds. The van der Waals surface area contributed by atoms with Gasteiger partial charge in [0.15, 0.2) is 11.4 Å². The summed E-state index contributed by atoms with van der Waals surface area (Å²) in [5.74, 6) is 0.302. The number of thiazole rings is 1. The van der Waals surface area contributed by atoms with Gasteiger partial charge < -0.3 is 18.9 Å². The first-order valence-corrected chi connectivity index (χ1v) is 18.3. The Morgan fingerprint density at radius 2 is 1.78 bits per heavy atom. The molecule has 0 spiro atoms. The lowest BCUT2D eigenvalue weighted by Gasteiger charge is -2.46. The number of rotatable bonds is 7. The number of ketones is 1. The topological polar surface area (TPSA) is 103 Å². The Kier molecular flexibility index (Phi) is 9.21. The average molecular weight is 715 g/mol. The van der Waals surface area contributed by atoms with Crippen LogP contribution in [0.3, 0.4) is 0 Å². The number of carbonyl (C=O) groups excluding carboxylic acids is 2. The molecule has 0 radical (unpaired) electrons. The van der Waals surface area contributed by atoms with Gasteiger partial charge in [0.1, 0.15) is 22.3 Å². The van der Waals surface area contributed by atoms with Crippen molar-refractivity contribution in [2.75, 3.05) is 33.3 Å². The van der Waals surface area contributed by atoms with Crippen molar-refractivity contribution >= 4 is 56.2 Å². The van der Waals surface area contributed by atoms with Gasteiger partial charge in [-0.2, -0.15) is 0 Å². The molecule has 262 valence electrons. The second kappa shape index (κ2) is 13.3. The summed E-state index contributed by atoms with van der Waals surface area (Å²) in [6.07, 6.45) is 5.03. The van der Waals surface area contributed by atoms with E-state index in [4.69, 9.17) is 36.0 Å². The molecule has 1 atom stereocenters. The van der Waals surface area contributed by atoms with Crippen LogP contribution in [0, 0.1) is 6.92 Å². The maximum Gasteiger partial charge on any atom is 0.409 e. The van der Waals surface area contributed by atoms with Gasteiger partial charge >= 0.3 is 6.09 Å². The van der Waals surface area contributed by atoms with Crippen molar-refractivity contribution in [3.05, 3.63) is 64.4 Å². The molecule has 10 nitrogen and oxygen atoms in total. The molecular formula is C38H43ClN6O4S. The number of piperidine rings is 1. The highest BCUT2D eigenvalue weighted by Crippen LogP contribution is 2.45. The molecule has 2 aliphatic rings. The van der Waals surface area contributed by atoms with E-state index in [9.17, 15) is 9.59 Å². The molecule has 12 heteroatoms. The number of benzene rings is 2. The summed E-state index contributed by atoms with van der Waals surface area (Å²) >= 11 is 7.87. The van der Waals surface area contributed by atoms with E-state index < -0.39 is 11.7 Å². The van der Waals surface area contributed by atoms with Crippen molar-refractivity contribution in [2.24, 2.45) is 7.05 Å². The van der Waals surface area contributed by atoms with E-state index in [1.54, 1.807) is 23.2 Å². The fourth-order valence-electron chi connectivity index (χ4n) is 7.37. The standard InChI is InChI=1S/C38H43ClN6O4S/c1-21-16-28-34(31(24-8-10-25(39)11-9-24)30(21)33(22(2)46)49-38(3,4)5)50-36(42-28)29-17-40-35-32(41-29)27(20-43(35)6)23-12-14-44(15-13-23)26-18-45(19-26)37(47)48-7/h8-11,16-17,20,23,26,33H,12-15,18-19H2,1-7H3/t33-/m1/s1. The molecule has 3 aromatic heterocycles. The number of aryl methyl sites for hydroxylation is 2. The van der Waals surface area contributed by atoms with Gasteiger partial charge in [-0.05, 0) is 95.8 Å². The largest absolute Gasteiger partial charge is 0.453 e. The number of nitrogens with zero attached hydrogens (tertiary/aromatic N) is 6. The number of halogens is 1. The Hall–Kier alpha value is -3.90. The first-order valence-electron chi connectivity index (χ1n) is 17.1. The van der Waals surface area contributed by atoms with E-state index in [0.717, 1.165) is 93.4 Å². The van der Waals surface area contributed by atoms with Crippen LogP contribution in [-0.4, -0.2) is 86.1 Å². The fraction of sp³-hybridized carbons (Fsp3) is 0.447. The first kappa shape index (κ1) is 34.5. The molecule has 0 saturated carbocycles. The lowest BCUT2D eigenvalue weighted by atomic mass is 9.89. The van der Waals surface area contributed by atoms with E-state index in [0.29, 0.717) is 17.0 Å². The number of methoxy groups -OCH3 is 1. The summed E-state index contributed by atoms with van der Waals surface area (Å²) in [6.45, 7) is 12.9. The van der Waals surface area contributed by atoms with Crippen LogP contribution in [0.1, 0.15) is 69.2 Å². The second-order valence-electron chi connectivity index (χ2n) is 14.5. The quantitative estimate of drug-likeness (QED) is 0.167. The van der Waals surface area contributed by atoms with Crippen LogP contribution in [0.2, 0.25) is 5.02 Å². The zero-order valence-electron chi connectivity index (χ0n) is 29.6. The van der Waals surface area contributed by atoms with Crippen LogP contribution >= 0.6 is 22.9 Å². The third kappa shape index (κ3) is 6.52. The van der Waals surface area contributed by atoms with Crippen LogP contribution in [0.25, 0.3) is 43.2 Å². The number of ether oxygens (including phenoxy) is 2. The van der Waals surface area contributed by atoms with Crippen LogP contribution in [0.15, 0.2) is 42.7 Å². The zero-order valence-corrected chi connectivity index (χ0v) is 31.2. The van der Waals surface area contributed by atoms with Gasteiger partial charge in [-0.3, -0.25) is 9.69 Å². The number of aromatic nitrogens is 4. The number of Topliss-reactive ketones (excluding diaryl/α,β-unsaturated/α-hetero) is 1. The highest BCUT2D eigenvalue weighted by molar-refractivity contribution is 7.22. The molecule has 2 fully saturated rings. The summed E-state index contributed by atoms with van der Waals surface area (Å²) in [4.78, 5) is 44.5. The third-order valence-electron chi connectivity index (χ3n) is 9.86. The summed E-state index contributed by atoms with van der Waals surface area (Å²) in [7, 11) is 3.46. The average Bonchev–Trinajstić information content (AvgIpc) is 3.63. The number of hydrogen-bond acceptors (Lipinski definition) is 9. The first-order chi connectivity index (χ1) is 23.8. The number of hydrogen-bond donors (Lipinski definition) is 0. The third-order valence-corrected chi connectivity index (χ3v) is 11.2. The smallest absolute Gasteiger partial charge is 0.409 e. The molecule has 0 unspecified atom stereocenters. The van der Waals surface area contributed by atoms with Crippen LogP contribution < -0.4 is 0 Å². The summed E-state index contributed by atoms with van der Waals surface area (Å²) in [5.41, 5.74) is 7.63. The Labute approximate surface area is 301 Å². The van der Waals surface area contributed by atoms with Crippen LogP contribution in [0.5, 0.6) is 0 Å².